The van der Waals surface area contributed by atoms with Gasteiger partial charge in [0, 0.05) is 17.5 Å². The number of anilines is 1. The van der Waals surface area contributed by atoms with Crippen molar-refractivity contribution in [3.05, 3.63) is 29.7 Å². The molecule has 0 aliphatic heterocycles. The van der Waals surface area contributed by atoms with Crippen molar-refractivity contribution in [2.45, 2.75) is 17.0 Å². The molecule has 0 spiro atoms. The van der Waals surface area contributed by atoms with Crippen LogP contribution in [0.4, 0.5) is 5.69 Å². The number of primary amides is 1. The number of nitrogens with two attached hydrogens (primary N) is 2. The number of aryl methyl sites for hydroxylation is 1. The monoisotopic (exact) mass is 250 g/mol. The lowest BCUT2D eigenvalue weighted by atomic mass is 10.2. The topological polar surface area (TPSA) is 108 Å². The fourth-order valence-electron chi connectivity index (χ4n) is 1.24. The first-order valence-electron chi connectivity index (χ1n) is 4.73. The molecule has 17 heavy (non-hydrogen) atoms. The minimum absolute atomic E-state index is 0.339. The third kappa shape index (κ3) is 2.56. The van der Waals surface area contributed by atoms with Crippen molar-refractivity contribution < 1.29 is 9.21 Å². The number of carbonyl (C=O) groups is 1. The highest BCUT2D eigenvalue weighted by atomic mass is 32.2. The van der Waals surface area contributed by atoms with E-state index in [9.17, 15) is 4.79 Å². The number of hydrogen-bond acceptors (Lipinski definition) is 6. The Hall–Kier alpha value is -2.02. The maximum Gasteiger partial charge on any atom is 0.281 e. The van der Waals surface area contributed by atoms with E-state index in [-0.39, 0.29) is 0 Å². The molecule has 0 saturated heterocycles. The fourth-order valence-corrected chi connectivity index (χ4v) is 2.08. The number of carbonyl (C=O) groups excluding carboxylic acids is 1. The lowest BCUT2D eigenvalue weighted by molar-refractivity contribution is 0.0997. The summed E-state index contributed by atoms with van der Waals surface area (Å²) in [5.41, 5.74) is 11.7. The Labute approximate surface area is 101 Å². The van der Waals surface area contributed by atoms with Gasteiger partial charge in [-0.1, -0.05) is 0 Å². The summed E-state index contributed by atoms with van der Waals surface area (Å²) in [5.74, 6) is -0.0837. The average Bonchev–Trinajstić information content (AvgIpc) is 2.66. The van der Waals surface area contributed by atoms with Crippen LogP contribution >= 0.6 is 11.8 Å². The van der Waals surface area contributed by atoms with Gasteiger partial charge in [-0.05, 0) is 30.0 Å². The highest BCUT2D eigenvalue weighted by Gasteiger charge is 2.13. The van der Waals surface area contributed by atoms with E-state index in [1.54, 1.807) is 19.1 Å². The van der Waals surface area contributed by atoms with Crippen LogP contribution in [0.15, 0.2) is 32.7 Å². The zero-order chi connectivity index (χ0) is 12.4. The van der Waals surface area contributed by atoms with Crippen molar-refractivity contribution >= 4 is 23.4 Å². The summed E-state index contributed by atoms with van der Waals surface area (Å²) in [4.78, 5) is 11.9. The minimum atomic E-state index is -0.545. The number of hydrogen-bond donors (Lipinski definition) is 2. The second-order valence-electron chi connectivity index (χ2n) is 3.31. The Bertz CT molecular complexity index is 567. The van der Waals surface area contributed by atoms with Crippen molar-refractivity contribution in [3.63, 3.8) is 0 Å². The van der Waals surface area contributed by atoms with E-state index in [0.717, 1.165) is 0 Å². The van der Waals surface area contributed by atoms with E-state index < -0.39 is 5.91 Å². The Morgan fingerprint density at radius 2 is 2.18 bits per heavy atom. The third-order valence-electron chi connectivity index (χ3n) is 1.97. The molecular weight excluding hydrogens is 240 g/mol. The van der Waals surface area contributed by atoms with E-state index in [2.05, 4.69) is 10.2 Å². The number of amides is 1. The quantitative estimate of drug-likeness (QED) is 0.792. The summed E-state index contributed by atoms with van der Waals surface area (Å²) >= 11 is 1.18. The van der Waals surface area contributed by atoms with E-state index in [1.165, 1.54) is 17.8 Å². The van der Waals surface area contributed by atoms with Gasteiger partial charge in [-0.2, -0.15) is 0 Å². The van der Waals surface area contributed by atoms with E-state index in [4.69, 9.17) is 15.9 Å². The first kappa shape index (κ1) is 11.5. The van der Waals surface area contributed by atoms with Crippen molar-refractivity contribution in [1.82, 2.24) is 10.2 Å². The van der Waals surface area contributed by atoms with Crippen LogP contribution in [0.2, 0.25) is 0 Å². The molecule has 0 radical (unpaired) electrons. The van der Waals surface area contributed by atoms with E-state index in [1.807, 2.05) is 0 Å². The molecule has 0 unspecified atom stereocenters. The predicted octanol–water partition coefficient (Wildman–Crippen LogP) is 1.21. The van der Waals surface area contributed by atoms with Crippen molar-refractivity contribution in [2.75, 3.05) is 5.73 Å². The predicted molar refractivity (Wildman–Crippen MR) is 62.5 cm³/mol. The summed E-state index contributed by atoms with van der Waals surface area (Å²) in [6.45, 7) is 1.69. The summed E-state index contributed by atoms with van der Waals surface area (Å²) < 4.78 is 5.21. The summed E-state index contributed by atoms with van der Waals surface area (Å²) in [5, 5.41) is 7.88. The molecule has 88 valence electrons. The molecule has 2 rings (SSSR count). The van der Waals surface area contributed by atoms with Crippen LogP contribution in [0.1, 0.15) is 16.2 Å². The second kappa shape index (κ2) is 4.46. The molecule has 2 aromatic rings. The number of nitrogens with zero attached hydrogens (tertiary/aromatic N) is 2. The molecular formula is C10H10N4O2S. The molecule has 0 atom stereocenters. The Kier molecular flexibility index (Phi) is 3.01. The lowest BCUT2D eigenvalue weighted by Crippen LogP contribution is -2.12. The normalized spacial score (nSPS) is 10.4. The van der Waals surface area contributed by atoms with E-state index >= 15 is 0 Å². The first-order valence-corrected chi connectivity index (χ1v) is 5.55. The molecule has 0 aliphatic carbocycles. The maximum atomic E-state index is 11.3. The Morgan fingerprint density at radius 1 is 1.41 bits per heavy atom. The second-order valence-corrected chi connectivity index (χ2v) is 4.30. The van der Waals surface area contributed by atoms with Crippen molar-refractivity contribution in [1.29, 1.82) is 0 Å². The summed E-state index contributed by atoms with van der Waals surface area (Å²) in [7, 11) is 0. The van der Waals surface area contributed by atoms with Crippen LogP contribution in [0.25, 0.3) is 0 Å². The summed E-state index contributed by atoms with van der Waals surface area (Å²) in [6, 6.07) is 4.89. The Morgan fingerprint density at radius 3 is 2.76 bits per heavy atom. The molecule has 1 amide bonds. The Balaban J connectivity index is 2.35. The van der Waals surface area contributed by atoms with Crippen LogP contribution in [-0.2, 0) is 0 Å². The fraction of sp³-hybridized carbons (Fsp3) is 0.100. The average molecular weight is 250 g/mol. The van der Waals surface area contributed by atoms with E-state index in [0.29, 0.717) is 27.3 Å². The molecule has 0 fully saturated rings. The molecule has 1 heterocycles. The molecule has 1 aromatic heterocycles. The zero-order valence-electron chi connectivity index (χ0n) is 9.01. The number of nitrogen functional groups attached to an aromatic ring is 1. The van der Waals surface area contributed by atoms with Crippen molar-refractivity contribution in [2.24, 2.45) is 5.73 Å². The highest BCUT2D eigenvalue weighted by Crippen LogP contribution is 2.30. The SMILES string of the molecule is Cc1nnc(Sc2ccc(N)cc2C(N)=O)o1. The van der Waals surface area contributed by atoms with Gasteiger partial charge in [-0.25, -0.2) is 0 Å². The molecule has 0 bridgehead atoms. The van der Waals surface area contributed by atoms with Crippen LogP contribution < -0.4 is 11.5 Å². The number of aromatic nitrogens is 2. The smallest absolute Gasteiger partial charge is 0.281 e. The van der Waals surface area contributed by atoms with Gasteiger partial charge in [-0.3, -0.25) is 4.79 Å². The van der Waals surface area contributed by atoms with Gasteiger partial charge in [-0.15, -0.1) is 10.2 Å². The van der Waals surface area contributed by atoms with Gasteiger partial charge >= 0.3 is 0 Å². The zero-order valence-corrected chi connectivity index (χ0v) is 9.82. The van der Waals surface area contributed by atoms with Gasteiger partial charge in [0.2, 0.25) is 11.8 Å². The minimum Gasteiger partial charge on any atom is -0.416 e. The van der Waals surface area contributed by atoms with Gasteiger partial charge in [0.15, 0.2) is 0 Å². The number of benzene rings is 1. The van der Waals surface area contributed by atoms with Crippen LogP contribution in [0.5, 0.6) is 0 Å². The van der Waals surface area contributed by atoms with Crippen LogP contribution in [-0.4, -0.2) is 16.1 Å². The molecule has 6 nitrogen and oxygen atoms in total. The van der Waals surface area contributed by atoms with Gasteiger partial charge in [0.1, 0.15) is 0 Å². The standard InChI is InChI=1S/C10H10N4O2S/c1-5-13-14-10(16-5)17-8-3-2-6(11)4-7(8)9(12)15/h2-4H,11H2,1H3,(H2,12,15). The third-order valence-corrected chi connectivity index (χ3v) is 2.89. The largest absolute Gasteiger partial charge is 0.416 e. The summed E-state index contributed by atoms with van der Waals surface area (Å²) in [6.07, 6.45) is 0. The molecule has 0 saturated carbocycles. The van der Waals surface area contributed by atoms with Crippen LogP contribution in [0, 0.1) is 6.92 Å². The van der Waals surface area contributed by atoms with Gasteiger partial charge in [0.05, 0.1) is 5.56 Å². The van der Waals surface area contributed by atoms with Gasteiger partial charge in [0.25, 0.3) is 5.22 Å². The molecule has 0 aliphatic rings. The van der Waals surface area contributed by atoms with Gasteiger partial charge < -0.3 is 15.9 Å². The number of rotatable bonds is 3. The first-order chi connectivity index (χ1) is 8.06. The van der Waals surface area contributed by atoms with Crippen molar-refractivity contribution in [3.8, 4) is 0 Å². The maximum absolute atomic E-state index is 11.3. The van der Waals surface area contributed by atoms with Crippen LogP contribution in [0.3, 0.4) is 0 Å². The molecule has 4 N–H and O–H groups in total. The molecule has 7 heteroatoms. The molecule has 1 aromatic carbocycles. The highest BCUT2D eigenvalue weighted by molar-refractivity contribution is 7.99. The lowest BCUT2D eigenvalue weighted by Gasteiger charge is -2.04.